The fraction of sp³-hybridized carbons (Fsp3) is 0.412. The van der Waals surface area contributed by atoms with E-state index in [1.54, 1.807) is 57.2 Å². The van der Waals surface area contributed by atoms with Crippen molar-refractivity contribution in [2.75, 3.05) is 6.61 Å². The Balaban J connectivity index is 0.000000188. The molecule has 0 aliphatic heterocycles. The molecule has 4 aromatic carbocycles. The molecule has 7 N–H and O–H groups in total. The number of allylic oxidation sites excluding steroid dienone is 4. The zero-order valence-corrected chi connectivity index (χ0v) is 43.3. The molecule has 9 nitrogen and oxygen atoms in total. The van der Waals surface area contributed by atoms with Gasteiger partial charge in [-0.3, -0.25) is 9.59 Å². The van der Waals surface area contributed by atoms with Gasteiger partial charge in [-0.25, -0.2) is 4.39 Å². The summed E-state index contributed by atoms with van der Waals surface area (Å²) < 4.78 is 16.9. The Hall–Kier alpha value is -3.26. The summed E-state index contributed by atoms with van der Waals surface area (Å²) >= 11 is 41.2. The van der Waals surface area contributed by atoms with Crippen LogP contribution in [-0.4, -0.2) is 71.3 Å². The van der Waals surface area contributed by atoms with Crippen LogP contribution in [0.25, 0.3) is 0 Å². The number of carbonyl (C=O) groups excluding carboxylic acids is 2. The lowest BCUT2D eigenvalue weighted by Gasteiger charge is -2.62. The summed E-state index contributed by atoms with van der Waals surface area (Å²) in [6.45, 7) is 10.6. The van der Waals surface area contributed by atoms with E-state index in [1.165, 1.54) is 24.3 Å². The number of alkyl halides is 1. The predicted molar refractivity (Wildman–Crippen MR) is 269 cm³/mol. The van der Waals surface area contributed by atoms with Crippen LogP contribution >= 0.6 is 81.2 Å². The molecule has 4 aliphatic rings. The Kier molecular flexibility index (Phi) is 17.7. The third kappa shape index (κ3) is 10.4. The van der Waals surface area contributed by atoms with Crippen LogP contribution in [0.1, 0.15) is 88.5 Å². The highest BCUT2D eigenvalue weighted by Gasteiger charge is 2.75. The molecular formula is C51H54Cl7FO9. The first-order valence-electron chi connectivity index (χ1n) is 21.7. The SMILES string of the molecule is C[C@@H]1C[C@H]2[C@@H]3CCC4=CC(=O)C=C[C@]4(C)C3(F)[C@@H](O)C[C@]2(C)[C@@]1(O)C(=O)CO.Cc1ccc(C(C)C)c(O)c1.Oc1c(Cl)cc(Cl)c(Cl)c1Cc1c(O)c(Cl)cc(Cl)c1Cl.Oc1ccc(Cl)cc1. The van der Waals surface area contributed by atoms with Crippen molar-refractivity contribution in [3.8, 4) is 23.0 Å². The number of phenols is 4. The number of halogens is 8. The van der Waals surface area contributed by atoms with Gasteiger partial charge in [0.1, 0.15) is 35.2 Å². The number of rotatable bonds is 5. The normalized spacial score (nSPS) is 27.8. The number of hydrogen-bond acceptors (Lipinski definition) is 9. The highest BCUT2D eigenvalue weighted by atomic mass is 35.5. The number of carbonyl (C=O) groups is 2. The molecule has 0 saturated heterocycles. The molecule has 3 saturated carbocycles. The minimum absolute atomic E-state index is 0.0307. The Morgan fingerprint density at radius 3 is 1.85 bits per heavy atom. The minimum atomic E-state index is -1.98. The van der Waals surface area contributed by atoms with Gasteiger partial charge in [0.2, 0.25) is 0 Å². The van der Waals surface area contributed by atoms with Crippen LogP contribution in [-0.2, 0) is 16.0 Å². The highest BCUT2D eigenvalue weighted by Crippen LogP contribution is 2.70. The molecule has 4 aromatic rings. The monoisotopic (exact) mass is 1070 g/mol. The highest BCUT2D eigenvalue weighted by molar-refractivity contribution is 6.45. The van der Waals surface area contributed by atoms with E-state index in [1.807, 2.05) is 19.1 Å². The van der Waals surface area contributed by atoms with E-state index < -0.39 is 52.4 Å². The Morgan fingerprint density at radius 1 is 0.824 bits per heavy atom. The molecule has 0 bridgehead atoms. The third-order valence-electron chi connectivity index (χ3n) is 14.3. The van der Waals surface area contributed by atoms with Gasteiger partial charge in [-0.1, -0.05) is 133 Å². The molecule has 3 fully saturated rings. The van der Waals surface area contributed by atoms with Gasteiger partial charge < -0.3 is 35.7 Å². The number of benzene rings is 4. The van der Waals surface area contributed by atoms with Crippen molar-refractivity contribution >= 4 is 92.8 Å². The molecule has 0 spiro atoms. The van der Waals surface area contributed by atoms with Crippen LogP contribution in [0.2, 0.25) is 35.2 Å². The van der Waals surface area contributed by atoms with Crippen molar-refractivity contribution in [1.29, 1.82) is 0 Å². The Bertz CT molecular complexity index is 2490. The molecule has 0 radical (unpaired) electrons. The van der Waals surface area contributed by atoms with Crippen molar-refractivity contribution in [1.82, 2.24) is 0 Å². The number of fused-ring (bicyclic) bond motifs is 5. The van der Waals surface area contributed by atoms with E-state index in [0.29, 0.717) is 41.5 Å². The van der Waals surface area contributed by atoms with E-state index in [4.69, 9.17) is 86.3 Å². The lowest BCUT2D eigenvalue weighted by Crippen LogP contribution is -2.69. The van der Waals surface area contributed by atoms with Gasteiger partial charge >= 0.3 is 0 Å². The zero-order valence-electron chi connectivity index (χ0n) is 38.0. The summed E-state index contributed by atoms with van der Waals surface area (Å²) in [5.74, 6) is -1.56. The maximum absolute atomic E-state index is 16.9. The Labute approximate surface area is 430 Å². The smallest absolute Gasteiger partial charge is 0.190 e. The number of Topliss-reactive ketones (excluding diaryl/α,β-unsaturated/α-hetero) is 1. The second-order valence-electron chi connectivity index (χ2n) is 18.6. The van der Waals surface area contributed by atoms with E-state index in [9.17, 15) is 40.2 Å². The number of aromatic hydroxyl groups is 4. The molecule has 0 aromatic heterocycles. The average Bonchev–Trinajstić information content (AvgIpc) is 3.48. The maximum atomic E-state index is 16.9. The fourth-order valence-electron chi connectivity index (χ4n) is 10.6. The van der Waals surface area contributed by atoms with Crippen molar-refractivity contribution in [2.24, 2.45) is 28.6 Å². The van der Waals surface area contributed by atoms with Gasteiger partial charge in [-0.05, 0) is 123 Å². The number of aryl methyl sites for hydroxylation is 1. The number of hydrogen-bond donors (Lipinski definition) is 7. The van der Waals surface area contributed by atoms with Crippen molar-refractivity contribution < 1.29 is 49.7 Å². The fourth-order valence-corrected chi connectivity index (χ4v) is 12.2. The molecule has 68 heavy (non-hydrogen) atoms. The molecule has 1 unspecified atom stereocenters. The van der Waals surface area contributed by atoms with Crippen LogP contribution in [0.5, 0.6) is 23.0 Å². The first-order valence-corrected chi connectivity index (χ1v) is 24.4. The molecule has 0 heterocycles. The first kappa shape index (κ1) is 55.7. The van der Waals surface area contributed by atoms with E-state index >= 15 is 4.39 Å². The lowest BCUT2D eigenvalue weighted by molar-refractivity contribution is -0.219. The molecule has 8 rings (SSSR count). The van der Waals surface area contributed by atoms with E-state index in [0.717, 1.165) is 11.1 Å². The van der Waals surface area contributed by atoms with Gasteiger partial charge in [0.15, 0.2) is 17.2 Å². The lowest BCUT2D eigenvalue weighted by atomic mass is 9.44. The van der Waals surface area contributed by atoms with Gasteiger partial charge in [-0.15, -0.1) is 0 Å². The summed E-state index contributed by atoms with van der Waals surface area (Å²) in [5, 5.41) is 71.4. The van der Waals surface area contributed by atoms with Gasteiger partial charge in [0.25, 0.3) is 0 Å². The molecular weight excluding hydrogens is 1020 g/mol. The Morgan fingerprint density at radius 2 is 1.37 bits per heavy atom. The largest absolute Gasteiger partial charge is 0.508 e. The molecule has 8 atom stereocenters. The average molecular weight is 1080 g/mol. The second kappa shape index (κ2) is 21.6. The van der Waals surface area contributed by atoms with E-state index in [2.05, 4.69) is 13.8 Å². The van der Waals surface area contributed by atoms with Crippen molar-refractivity contribution in [3.05, 3.63) is 136 Å². The number of ketones is 2. The molecule has 0 amide bonds. The maximum Gasteiger partial charge on any atom is 0.190 e. The molecule has 17 heteroatoms. The van der Waals surface area contributed by atoms with Gasteiger partial charge in [0, 0.05) is 39.3 Å². The molecule has 368 valence electrons. The number of phenolic OH excluding ortho intramolecular Hbond substituents is 4. The van der Waals surface area contributed by atoms with E-state index in [-0.39, 0.29) is 83.1 Å². The summed E-state index contributed by atoms with van der Waals surface area (Å²) in [6.07, 6.45) is 4.39. The summed E-state index contributed by atoms with van der Waals surface area (Å²) in [7, 11) is 0. The van der Waals surface area contributed by atoms with Crippen LogP contribution in [0.3, 0.4) is 0 Å². The summed E-state index contributed by atoms with van der Waals surface area (Å²) in [5.41, 5.74) is -2.62. The first-order chi connectivity index (χ1) is 31.6. The van der Waals surface area contributed by atoms with Gasteiger partial charge in [-0.2, -0.15) is 0 Å². The quantitative estimate of drug-likeness (QED) is 0.0959. The second-order valence-corrected chi connectivity index (χ2v) is 21.4. The zero-order chi connectivity index (χ0) is 51.0. The topological polar surface area (TPSA) is 176 Å². The minimum Gasteiger partial charge on any atom is -0.508 e. The van der Waals surface area contributed by atoms with Crippen LogP contribution in [0.4, 0.5) is 4.39 Å². The third-order valence-corrected chi connectivity index (χ3v) is 16.7. The summed E-state index contributed by atoms with van der Waals surface area (Å²) in [6, 6.07) is 14.8. The van der Waals surface area contributed by atoms with Gasteiger partial charge in [0.05, 0.1) is 36.2 Å². The van der Waals surface area contributed by atoms with Crippen molar-refractivity contribution in [3.63, 3.8) is 0 Å². The predicted octanol–water partition coefficient (Wildman–Crippen LogP) is 13.4. The molecule has 4 aliphatic carbocycles. The number of aliphatic hydroxyl groups excluding tert-OH is 2. The standard InChI is InChI=1S/C22H29FO5.C13H6Cl6O2.C10H14O.C6H5ClO/c1-12-8-16-15-5-4-13-9-14(25)6-7-19(13,2)21(15,23)17(26)10-20(16,3)22(12,28)18(27)11-24;14-6-2-8(16)12(20)4(10(6)18)1-5-11(19)7(15)3-9(17)13(5)21;1-7(2)9-5-4-8(3)6-10(9)11;7-5-1-3-6(8)4-2-5/h6-7,9,12,15-17,24,26,28H,4-5,8,10-11H2,1-3H3;2-3,20-21H,1H2;4-7,11H,1-3H3;1-4,8H/t12-,15+,16+,17+,19+,20+,21?,22+;;;/m1.../s1. The summed E-state index contributed by atoms with van der Waals surface area (Å²) in [4.78, 5) is 24.4. The van der Waals surface area contributed by atoms with Crippen LogP contribution in [0, 0.1) is 35.5 Å². The van der Waals surface area contributed by atoms with Crippen LogP contribution in [0.15, 0.2) is 78.4 Å². The van der Waals surface area contributed by atoms with Crippen molar-refractivity contribution in [2.45, 2.75) is 96.9 Å². The van der Waals surface area contributed by atoms with Crippen LogP contribution < -0.4 is 0 Å². The number of aliphatic hydroxyl groups is 3.